The monoisotopic (exact) mass is 376 g/mol. The summed E-state index contributed by atoms with van der Waals surface area (Å²) < 4.78 is 30.8. The molecular weight excluding hydrogens is 352 g/mol. The van der Waals surface area contributed by atoms with E-state index in [4.69, 9.17) is 4.74 Å². The zero-order chi connectivity index (χ0) is 19.5. The van der Waals surface area contributed by atoms with Crippen LogP contribution in [0.15, 0.2) is 42.5 Å². The minimum Gasteiger partial charge on any atom is -0.497 e. The summed E-state index contributed by atoms with van der Waals surface area (Å²) in [7, 11) is -2.13. The SMILES string of the molecule is COc1ccc(N(C(C)C(=O)Nc2ccc(C)c(C)c2)S(C)(=O)=O)cc1. The van der Waals surface area contributed by atoms with E-state index in [2.05, 4.69) is 5.32 Å². The predicted octanol–water partition coefficient (Wildman–Crippen LogP) is 3.11. The molecule has 0 aromatic heterocycles. The topological polar surface area (TPSA) is 75.7 Å². The summed E-state index contributed by atoms with van der Waals surface area (Å²) in [5.74, 6) is 0.198. The number of nitrogens with zero attached hydrogens (tertiary/aromatic N) is 1. The van der Waals surface area contributed by atoms with Crippen molar-refractivity contribution in [3.63, 3.8) is 0 Å². The third-order valence-electron chi connectivity index (χ3n) is 4.19. The summed E-state index contributed by atoms with van der Waals surface area (Å²) in [6.45, 7) is 5.49. The second kappa shape index (κ2) is 7.78. The molecule has 0 fully saturated rings. The minimum absolute atomic E-state index is 0.399. The molecule has 0 radical (unpaired) electrons. The Morgan fingerprint density at radius 3 is 2.19 bits per heavy atom. The Morgan fingerprint density at radius 1 is 1.08 bits per heavy atom. The maximum absolute atomic E-state index is 12.7. The lowest BCUT2D eigenvalue weighted by Crippen LogP contribution is -2.45. The third-order valence-corrected chi connectivity index (χ3v) is 5.43. The molecule has 0 heterocycles. The van der Waals surface area contributed by atoms with E-state index in [1.807, 2.05) is 26.0 Å². The molecule has 1 atom stereocenters. The van der Waals surface area contributed by atoms with Gasteiger partial charge >= 0.3 is 0 Å². The van der Waals surface area contributed by atoms with Gasteiger partial charge in [-0.05, 0) is 68.3 Å². The molecule has 1 amide bonds. The normalized spacial score (nSPS) is 12.3. The molecule has 0 saturated carbocycles. The molecule has 0 aliphatic rings. The van der Waals surface area contributed by atoms with Gasteiger partial charge in [-0.15, -0.1) is 0 Å². The van der Waals surface area contributed by atoms with E-state index < -0.39 is 22.0 Å². The van der Waals surface area contributed by atoms with E-state index in [1.165, 1.54) is 7.11 Å². The van der Waals surface area contributed by atoms with E-state index in [0.717, 1.165) is 21.7 Å². The maximum Gasteiger partial charge on any atom is 0.247 e. The Hall–Kier alpha value is -2.54. The van der Waals surface area contributed by atoms with Crippen LogP contribution in [-0.4, -0.2) is 33.7 Å². The first-order valence-corrected chi connectivity index (χ1v) is 10.00. The second-order valence-corrected chi connectivity index (χ2v) is 8.08. The van der Waals surface area contributed by atoms with Crippen LogP contribution in [0.25, 0.3) is 0 Å². The molecule has 2 rings (SSSR count). The van der Waals surface area contributed by atoms with E-state index >= 15 is 0 Å². The first kappa shape index (κ1) is 19.8. The van der Waals surface area contributed by atoms with Crippen LogP contribution in [0.5, 0.6) is 5.75 Å². The van der Waals surface area contributed by atoms with Crippen molar-refractivity contribution in [2.45, 2.75) is 26.8 Å². The molecule has 2 aromatic rings. The van der Waals surface area contributed by atoms with Crippen molar-refractivity contribution in [1.82, 2.24) is 0 Å². The van der Waals surface area contributed by atoms with Crippen LogP contribution in [0.1, 0.15) is 18.1 Å². The number of ether oxygens (including phenoxy) is 1. The number of aryl methyl sites for hydroxylation is 2. The number of sulfonamides is 1. The summed E-state index contributed by atoms with van der Waals surface area (Å²) in [6, 6.07) is 11.2. The van der Waals surface area contributed by atoms with E-state index in [0.29, 0.717) is 17.1 Å². The number of hydrogen-bond donors (Lipinski definition) is 1. The fourth-order valence-corrected chi connectivity index (χ4v) is 3.78. The molecule has 26 heavy (non-hydrogen) atoms. The number of carbonyl (C=O) groups excluding carboxylic acids is 1. The Balaban J connectivity index is 2.29. The van der Waals surface area contributed by atoms with Crippen molar-refractivity contribution < 1.29 is 17.9 Å². The van der Waals surface area contributed by atoms with Gasteiger partial charge < -0.3 is 10.1 Å². The number of rotatable bonds is 6. The van der Waals surface area contributed by atoms with Gasteiger partial charge in [0.25, 0.3) is 0 Å². The number of carbonyl (C=O) groups is 1. The molecule has 2 aromatic carbocycles. The first-order chi connectivity index (χ1) is 12.1. The second-order valence-electron chi connectivity index (χ2n) is 6.22. The average molecular weight is 376 g/mol. The lowest BCUT2D eigenvalue weighted by atomic mass is 10.1. The number of nitrogens with one attached hydrogen (secondary N) is 1. The van der Waals surface area contributed by atoms with Crippen LogP contribution in [0, 0.1) is 13.8 Å². The highest BCUT2D eigenvalue weighted by atomic mass is 32.2. The Morgan fingerprint density at radius 2 is 1.69 bits per heavy atom. The highest BCUT2D eigenvalue weighted by Crippen LogP contribution is 2.24. The fraction of sp³-hybridized carbons (Fsp3) is 0.316. The van der Waals surface area contributed by atoms with Gasteiger partial charge in [0.1, 0.15) is 11.8 Å². The van der Waals surface area contributed by atoms with Crippen molar-refractivity contribution in [2.24, 2.45) is 0 Å². The van der Waals surface area contributed by atoms with Crippen LogP contribution in [-0.2, 0) is 14.8 Å². The van der Waals surface area contributed by atoms with Crippen LogP contribution in [0.4, 0.5) is 11.4 Å². The van der Waals surface area contributed by atoms with Gasteiger partial charge in [0.15, 0.2) is 0 Å². The van der Waals surface area contributed by atoms with Gasteiger partial charge in [0, 0.05) is 5.69 Å². The first-order valence-electron chi connectivity index (χ1n) is 8.15. The largest absolute Gasteiger partial charge is 0.497 e. The van der Waals surface area contributed by atoms with Crippen molar-refractivity contribution in [1.29, 1.82) is 0 Å². The third kappa shape index (κ3) is 4.54. The van der Waals surface area contributed by atoms with Crippen LogP contribution in [0.2, 0.25) is 0 Å². The maximum atomic E-state index is 12.7. The number of benzene rings is 2. The van der Waals surface area contributed by atoms with Crippen LogP contribution in [0.3, 0.4) is 0 Å². The van der Waals surface area contributed by atoms with E-state index in [1.54, 1.807) is 37.3 Å². The van der Waals surface area contributed by atoms with Gasteiger partial charge in [0.05, 0.1) is 19.1 Å². The smallest absolute Gasteiger partial charge is 0.247 e. The molecule has 0 bridgehead atoms. The summed E-state index contributed by atoms with van der Waals surface area (Å²) >= 11 is 0. The highest BCUT2D eigenvalue weighted by molar-refractivity contribution is 7.92. The summed E-state index contributed by atoms with van der Waals surface area (Å²) in [4.78, 5) is 12.7. The molecule has 0 aliphatic carbocycles. The predicted molar refractivity (Wildman–Crippen MR) is 104 cm³/mol. The fourth-order valence-electron chi connectivity index (χ4n) is 2.60. The number of methoxy groups -OCH3 is 1. The molecule has 6 nitrogen and oxygen atoms in total. The van der Waals surface area contributed by atoms with Crippen LogP contribution < -0.4 is 14.4 Å². The van der Waals surface area contributed by atoms with Crippen molar-refractivity contribution in [3.05, 3.63) is 53.6 Å². The van der Waals surface area contributed by atoms with Gasteiger partial charge in [-0.3, -0.25) is 9.10 Å². The average Bonchev–Trinajstić information content (AvgIpc) is 2.57. The van der Waals surface area contributed by atoms with Gasteiger partial charge in [-0.25, -0.2) is 8.42 Å². The lowest BCUT2D eigenvalue weighted by Gasteiger charge is -2.28. The molecule has 7 heteroatoms. The molecular formula is C19H24N2O4S. The molecule has 140 valence electrons. The molecule has 1 N–H and O–H groups in total. The zero-order valence-corrected chi connectivity index (χ0v) is 16.4. The van der Waals surface area contributed by atoms with Crippen molar-refractivity contribution in [3.8, 4) is 5.75 Å². The quantitative estimate of drug-likeness (QED) is 0.840. The Labute approximate surface area is 154 Å². The lowest BCUT2D eigenvalue weighted by molar-refractivity contribution is -0.116. The van der Waals surface area contributed by atoms with Crippen molar-refractivity contribution in [2.75, 3.05) is 23.0 Å². The van der Waals surface area contributed by atoms with Gasteiger partial charge in [0.2, 0.25) is 15.9 Å². The Bertz CT molecular complexity index is 892. The molecule has 1 unspecified atom stereocenters. The zero-order valence-electron chi connectivity index (χ0n) is 15.6. The van der Waals surface area contributed by atoms with Crippen LogP contribution >= 0.6 is 0 Å². The standard InChI is InChI=1S/C19H24N2O4S/c1-13-6-7-16(12-14(13)2)20-19(22)15(3)21(26(5,23)24)17-8-10-18(25-4)11-9-17/h6-12,15H,1-5H3,(H,20,22). The molecule has 0 spiro atoms. The summed E-state index contributed by atoms with van der Waals surface area (Å²) in [6.07, 6.45) is 1.08. The van der Waals surface area contributed by atoms with Gasteiger partial charge in [-0.1, -0.05) is 6.07 Å². The van der Waals surface area contributed by atoms with Crippen molar-refractivity contribution >= 4 is 27.3 Å². The molecule has 0 saturated heterocycles. The van der Waals surface area contributed by atoms with E-state index in [9.17, 15) is 13.2 Å². The van der Waals surface area contributed by atoms with E-state index in [-0.39, 0.29) is 0 Å². The number of hydrogen-bond acceptors (Lipinski definition) is 4. The highest BCUT2D eigenvalue weighted by Gasteiger charge is 2.29. The number of anilines is 2. The Kier molecular flexibility index (Phi) is 5.92. The number of amides is 1. The minimum atomic E-state index is -3.66. The molecule has 0 aliphatic heterocycles. The summed E-state index contributed by atoms with van der Waals surface area (Å²) in [5, 5.41) is 2.78. The van der Waals surface area contributed by atoms with Gasteiger partial charge in [-0.2, -0.15) is 0 Å². The summed E-state index contributed by atoms with van der Waals surface area (Å²) in [5.41, 5.74) is 3.20.